The van der Waals surface area contributed by atoms with E-state index in [1.165, 1.54) is 6.20 Å². The van der Waals surface area contributed by atoms with E-state index in [1.54, 1.807) is 4.52 Å². The van der Waals surface area contributed by atoms with Crippen LogP contribution in [0.5, 0.6) is 0 Å². The van der Waals surface area contributed by atoms with Crippen molar-refractivity contribution in [2.75, 3.05) is 5.32 Å². The zero-order chi connectivity index (χ0) is 15.0. The fourth-order valence-corrected chi connectivity index (χ4v) is 2.36. The van der Waals surface area contributed by atoms with Crippen LogP contribution < -0.4 is 11.1 Å². The highest BCUT2D eigenvalue weighted by atomic mass is 16.1. The molecule has 0 saturated carbocycles. The predicted molar refractivity (Wildman–Crippen MR) is 82.9 cm³/mol. The summed E-state index contributed by atoms with van der Waals surface area (Å²) in [4.78, 5) is 11.7. The monoisotopic (exact) mass is 280 g/mol. The van der Waals surface area contributed by atoms with Gasteiger partial charge in [0.05, 0.1) is 23.0 Å². The summed E-state index contributed by atoms with van der Waals surface area (Å²) in [7, 11) is 0. The predicted octanol–water partition coefficient (Wildman–Crippen LogP) is 2.79. The quantitative estimate of drug-likeness (QED) is 0.775. The third-order valence-corrected chi connectivity index (χ3v) is 3.54. The van der Waals surface area contributed by atoms with Crippen LogP contribution in [0.15, 0.2) is 42.6 Å². The van der Waals surface area contributed by atoms with Crippen LogP contribution >= 0.6 is 0 Å². The third kappa shape index (κ3) is 2.23. The maximum Gasteiger partial charge on any atom is 0.252 e. The molecular formula is C16H16N4O. The molecule has 0 aliphatic carbocycles. The van der Waals surface area contributed by atoms with E-state index >= 15 is 0 Å². The lowest BCUT2D eigenvalue weighted by Crippen LogP contribution is -2.15. The van der Waals surface area contributed by atoms with Gasteiger partial charge in [0.25, 0.3) is 5.91 Å². The van der Waals surface area contributed by atoms with Gasteiger partial charge in [-0.3, -0.25) is 4.79 Å². The van der Waals surface area contributed by atoms with Crippen molar-refractivity contribution in [1.82, 2.24) is 9.61 Å². The van der Waals surface area contributed by atoms with Gasteiger partial charge >= 0.3 is 0 Å². The number of para-hydroxylation sites is 1. The molecule has 0 unspecified atom stereocenters. The molecule has 5 nitrogen and oxygen atoms in total. The summed E-state index contributed by atoms with van der Waals surface area (Å²) in [5.74, 6) is -0.500. The van der Waals surface area contributed by atoms with Crippen molar-refractivity contribution in [2.24, 2.45) is 5.73 Å². The topological polar surface area (TPSA) is 72.4 Å². The first kappa shape index (κ1) is 13.2. The Kier molecular flexibility index (Phi) is 3.10. The summed E-state index contributed by atoms with van der Waals surface area (Å²) in [5, 5.41) is 7.58. The lowest BCUT2D eigenvalue weighted by atomic mass is 10.1. The second-order valence-electron chi connectivity index (χ2n) is 5.01. The van der Waals surface area contributed by atoms with Crippen molar-refractivity contribution < 1.29 is 4.79 Å². The molecule has 0 atom stereocenters. The van der Waals surface area contributed by atoms with E-state index in [1.807, 2.05) is 50.2 Å². The molecule has 5 heteroatoms. The van der Waals surface area contributed by atoms with E-state index in [4.69, 9.17) is 5.73 Å². The van der Waals surface area contributed by atoms with Crippen LogP contribution in [0.3, 0.4) is 0 Å². The van der Waals surface area contributed by atoms with Crippen LogP contribution in [0, 0.1) is 13.8 Å². The number of aryl methyl sites for hydroxylation is 2. The number of amides is 1. The van der Waals surface area contributed by atoms with E-state index < -0.39 is 5.91 Å². The lowest BCUT2D eigenvalue weighted by Gasteiger charge is -2.14. The van der Waals surface area contributed by atoms with Gasteiger partial charge in [0.15, 0.2) is 0 Å². The molecule has 0 aliphatic rings. The normalized spacial score (nSPS) is 10.8. The summed E-state index contributed by atoms with van der Waals surface area (Å²) in [6.45, 7) is 3.97. The fourth-order valence-electron chi connectivity index (χ4n) is 2.36. The molecule has 0 radical (unpaired) electrons. The smallest absolute Gasteiger partial charge is 0.252 e. The van der Waals surface area contributed by atoms with Gasteiger partial charge in [-0.1, -0.05) is 18.2 Å². The Morgan fingerprint density at radius 2 is 1.95 bits per heavy atom. The second-order valence-corrected chi connectivity index (χ2v) is 5.01. The minimum atomic E-state index is -0.500. The summed E-state index contributed by atoms with van der Waals surface area (Å²) in [6, 6.07) is 11.8. The zero-order valence-corrected chi connectivity index (χ0v) is 11.9. The highest BCUT2D eigenvalue weighted by Gasteiger charge is 2.15. The Morgan fingerprint density at radius 3 is 2.67 bits per heavy atom. The van der Waals surface area contributed by atoms with Crippen LogP contribution in [0.2, 0.25) is 0 Å². The third-order valence-electron chi connectivity index (χ3n) is 3.54. The fraction of sp³-hybridized carbons (Fsp3) is 0.125. The zero-order valence-electron chi connectivity index (χ0n) is 11.9. The number of fused-ring (bicyclic) bond motifs is 1. The number of hydrogen-bond donors (Lipinski definition) is 2. The van der Waals surface area contributed by atoms with Gasteiger partial charge in [-0.2, -0.15) is 5.10 Å². The number of carbonyl (C=O) groups is 1. The Bertz CT molecular complexity index is 835. The molecule has 21 heavy (non-hydrogen) atoms. The number of anilines is 2. The Hall–Kier alpha value is -2.82. The van der Waals surface area contributed by atoms with Crippen LogP contribution in [0.4, 0.5) is 11.4 Å². The maximum absolute atomic E-state index is 11.7. The van der Waals surface area contributed by atoms with Crippen molar-refractivity contribution in [3.8, 4) is 0 Å². The van der Waals surface area contributed by atoms with Gasteiger partial charge in [0.2, 0.25) is 0 Å². The largest absolute Gasteiger partial charge is 0.365 e. The summed E-state index contributed by atoms with van der Waals surface area (Å²) < 4.78 is 1.78. The molecule has 2 aromatic heterocycles. The van der Waals surface area contributed by atoms with Gasteiger partial charge in [0.1, 0.15) is 0 Å². The highest BCUT2D eigenvalue weighted by Crippen LogP contribution is 2.28. The number of aromatic nitrogens is 2. The Balaban J connectivity index is 2.21. The van der Waals surface area contributed by atoms with E-state index in [2.05, 4.69) is 10.4 Å². The minimum Gasteiger partial charge on any atom is -0.365 e. The molecular weight excluding hydrogens is 264 g/mol. The standard InChI is InChI=1S/C16H16N4O/c1-10-5-3-4-6-13(10)19-15-12(16(17)21)9-18-20-11(2)7-8-14(15)20/h3-9,19H,1-2H3,(H2,17,21). The molecule has 3 rings (SSSR count). The molecule has 1 amide bonds. The molecule has 0 aliphatic heterocycles. The number of benzene rings is 1. The molecule has 0 fully saturated rings. The maximum atomic E-state index is 11.7. The van der Waals surface area contributed by atoms with Crippen LogP contribution in [0.25, 0.3) is 5.52 Å². The second kappa shape index (κ2) is 4.94. The van der Waals surface area contributed by atoms with Crippen LogP contribution in [-0.4, -0.2) is 15.5 Å². The van der Waals surface area contributed by atoms with Gasteiger partial charge in [-0.25, -0.2) is 4.52 Å². The summed E-state index contributed by atoms with van der Waals surface area (Å²) in [5.41, 5.74) is 10.4. The number of primary amides is 1. The number of rotatable bonds is 3. The first-order valence-electron chi connectivity index (χ1n) is 6.67. The molecule has 106 valence electrons. The highest BCUT2D eigenvalue weighted by molar-refractivity contribution is 6.03. The first-order chi connectivity index (χ1) is 10.1. The van der Waals surface area contributed by atoms with Crippen molar-refractivity contribution >= 4 is 22.8 Å². The molecule has 0 spiro atoms. The van der Waals surface area contributed by atoms with Gasteiger partial charge in [0, 0.05) is 11.4 Å². The lowest BCUT2D eigenvalue weighted by molar-refractivity contribution is 0.100. The van der Waals surface area contributed by atoms with Crippen molar-refractivity contribution in [3.05, 3.63) is 59.4 Å². The van der Waals surface area contributed by atoms with E-state index in [-0.39, 0.29) is 0 Å². The van der Waals surface area contributed by atoms with Crippen molar-refractivity contribution in [2.45, 2.75) is 13.8 Å². The summed E-state index contributed by atoms with van der Waals surface area (Å²) >= 11 is 0. The number of nitrogens with zero attached hydrogens (tertiary/aromatic N) is 2. The summed E-state index contributed by atoms with van der Waals surface area (Å²) in [6.07, 6.45) is 1.50. The minimum absolute atomic E-state index is 0.379. The molecule has 0 saturated heterocycles. The SMILES string of the molecule is Cc1ccccc1Nc1c(C(N)=O)cnn2c(C)ccc12. The molecule has 3 N–H and O–H groups in total. The van der Waals surface area contributed by atoms with Gasteiger partial charge in [-0.15, -0.1) is 0 Å². The number of nitrogens with two attached hydrogens (primary N) is 1. The van der Waals surface area contributed by atoms with E-state index in [0.717, 1.165) is 22.5 Å². The van der Waals surface area contributed by atoms with E-state index in [9.17, 15) is 4.79 Å². The van der Waals surface area contributed by atoms with Crippen LogP contribution in [-0.2, 0) is 0 Å². The van der Waals surface area contributed by atoms with Gasteiger partial charge in [-0.05, 0) is 37.6 Å². The molecule has 2 heterocycles. The van der Waals surface area contributed by atoms with Crippen molar-refractivity contribution in [3.63, 3.8) is 0 Å². The first-order valence-corrected chi connectivity index (χ1v) is 6.67. The average Bonchev–Trinajstić information content (AvgIpc) is 2.83. The Morgan fingerprint density at radius 1 is 1.19 bits per heavy atom. The van der Waals surface area contributed by atoms with E-state index in [0.29, 0.717) is 11.3 Å². The Labute approximate surface area is 122 Å². The molecule has 1 aromatic carbocycles. The van der Waals surface area contributed by atoms with Crippen LogP contribution in [0.1, 0.15) is 21.6 Å². The average molecular weight is 280 g/mol. The molecule has 0 bridgehead atoms. The van der Waals surface area contributed by atoms with Crippen molar-refractivity contribution in [1.29, 1.82) is 0 Å². The number of nitrogens with one attached hydrogen (secondary N) is 1. The number of carbonyl (C=O) groups excluding carboxylic acids is 1. The number of hydrogen-bond acceptors (Lipinski definition) is 3. The van der Waals surface area contributed by atoms with Gasteiger partial charge < -0.3 is 11.1 Å². The molecule has 3 aromatic rings.